The van der Waals surface area contributed by atoms with Gasteiger partial charge in [0.15, 0.2) is 0 Å². The number of fused-ring (bicyclic) bond motifs is 2. The van der Waals surface area contributed by atoms with Gasteiger partial charge in [0.25, 0.3) is 0 Å². The summed E-state index contributed by atoms with van der Waals surface area (Å²) in [5.74, 6) is 0.718. The Morgan fingerprint density at radius 3 is 1.68 bits per heavy atom. The number of hydrogen-bond acceptors (Lipinski definition) is 2. The van der Waals surface area contributed by atoms with E-state index in [-0.39, 0.29) is 0 Å². The van der Waals surface area contributed by atoms with Gasteiger partial charge in [-0.25, -0.2) is 0 Å². The molecule has 1 saturated carbocycles. The lowest BCUT2D eigenvalue weighted by Gasteiger charge is -2.41. The average Bonchev–Trinajstić information content (AvgIpc) is 3.55. The standard InChI is InChI=1S/C33H35NOP2/c1-25-13-19-31(20-14-25)37(32-21-15-26(2)16-22-32)35-24-33-27-17-18-28(23-27)34(33)36(29-9-5-3-6-10-29)30-11-7-4-8-12-30/h3-16,19-22,27-28,33H,17-18,23-24H2,1-2H3/t27-,28+,33+/m0/s1. The van der Waals surface area contributed by atoms with Crippen molar-refractivity contribution in [3.05, 3.63) is 120 Å². The Balaban J connectivity index is 1.32. The average molecular weight is 524 g/mol. The molecule has 0 radical (unpaired) electrons. The van der Waals surface area contributed by atoms with Crippen molar-refractivity contribution in [2.75, 3.05) is 6.61 Å². The van der Waals surface area contributed by atoms with Crippen LogP contribution < -0.4 is 21.2 Å². The van der Waals surface area contributed by atoms with Crippen molar-refractivity contribution in [1.29, 1.82) is 0 Å². The molecule has 6 rings (SSSR count). The lowest BCUT2D eigenvalue weighted by Crippen LogP contribution is -2.44. The third-order valence-electron chi connectivity index (χ3n) is 7.85. The van der Waals surface area contributed by atoms with Crippen LogP contribution in [0.4, 0.5) is 0 Å². The monoisotopic (exact) mass is 523 g/mol. The molecule has 2 nitrogen and oxygen atoms in total. The summed E-state index contributed by atoms with van der Waals surface area (Å²) < 4.78 is 9.90. The number of piperidine rings is 1. The normalized spacial score (nSPS) is 21.2. The first-order valence-corrected chi connectivity index (χ1v) is 16.0. The van der Waals surface area contributed by atoms with Crippen molar-refractivity contribution in [2.24, 2.45) is 5.92 Å². The minimum absolute atomic E-state index is 0.450. The molecule has 4 aromatic carbocycles. The molecule has 4 aromatic rings. The van der Waals surface area contributed by atoms with E-state index in [1.807, 2.05) is 0 Å². The second-order valence-corrected chi connectivity index (χ2v) is 14.4. The van der Waals surface area contributed by atoms with Gasteiger partial charge in [-0.15, -0.1) is 0 Å². The smallest absolute Gasteiger partial charge is 0.0918 e. The quantitative estimate of drug-likeness (QED) is 0.242. The van der Waals surface area contributed by atoms with E-state index in [1.165, 1.54) is 51.6 Å². The Labute approximate surface area is 224 Å². The van der Waals surface area contributed by atoms with E-state index < -0.39 is 16.2 Å². The van der Waals surface area contributed by atoms with E-state index in [0.29, 0.717) is 12.1 Å². The molecule has 1 heterocycles. The molecule has 37 heavy (non-hydrogen) atoms. The van der Waals surface area contributed by atoms with Gasteiger partial charge in [0.05, 0.1) is 14.8 Å². The minimum Gasteiger partial charge on any atom is -0.348 e. The Bertz CT molecular complexity index is 1210. The Morgan fingerprint density at radius 1 is 0.649 bits per heavy atom. The van der Waals surface area contributed by atoms with Gasteiger partial charge in [-0.2, -0.15) is 0 Å². The maximum Gasteiger partial charge on any atom is 0.0918 e. The molecule has 0 unspecified atom stereocenters. The third-order valence-corrected chi connectivity index (χ3v) is 12.4. The third kappa shape index (κ3) is 5.32. The maximum atomic E-state index is 7.02. The Kier molecular flexibility index (Phi) is 7.55. The molecule has 0 amide bonds. The van der Waals surface area contributed by atoms with Crippen molar-refractivity contribution in [2.45, 2.75) is 45.2 Å². The Morgan fingerprint density at radius 2 is 1.16 bits per heavy atom. The van der Waals surface area contributed by atoms with Crippen LogP contribution in [-0.2, 0) is 4.52 Å². The summed E-state index contributed by atoms with van der Waals surface area (Å²) >= 11 is 0. The summed E-state index contributed by atoms with van der Waals surface area (Å²) in [5, 5.41) is 5.49. The second kappa shape index (κ2) is 11.2. The number of benzene rings is 4. The van der Waals surface area contributed by atoms with Crippen molar-refractivity contribution in [3.63, 3.8) is 0 Å². The highest BCUT2D eigenvalue weighted by molar-refractivity contribution is 7.71. The van der Waals surface area contributed by atoms with E-state index in [4.69, 9.17) is 4.52 Å². The van der Waals surface area contributed by atoms with Gasteiger partial charge >= 0.3 is 0 Å². The molecule has 3 atom stereocenters. The molecule has 0 spiro atoms. The van der Waals surface area contributed by atoms with Crippen LogP contribution >= 0.6 is 16.2 Å². The molecule has 2 aliphatic rings. The largest absolute Gasteiger partial charge is 0.348 e. The number of aryl methyl sites for hydroxylation is 2. The molecule has 1 aliphatic carbocycles. The summed E-state index contributed by atoms with van der Waals surface area (Å²) in [6.45, 7) is 5.09. The fourth-order valence-electron chi connectivity index (χ4n) is 5.96. The van der Waals surface area contributed by atoms with Crippen molar-refractivity contribution < 1.29 is 4.52 Å². The van der Waals surface area contributed by atoms with Crippen molar-refractivity contribution in [3.8, 4) is 0 Å². The molecule has 1 saturated heterocycles. The van der Waals surface area contributed by atoms with Gasteiger partial charge in [0, 0.05) is 30.8 Å². The van der Waals surface area contributed by atoms with Crippen LogP contribution in [-0.4, -0.2) is 23.4 Å². The van der Waals surface area contributed by atoms with E-state index in [9.17, 15) is 0 Å². The summed E-state index contributed by atoms with van der Waals surface area (Å²) in [5.41, 5.74) is 2.58. The molecular formula is C33H35NOP2. The topological polar surface area (TPSA) is 12.5 Å². The van der Waals surface area contributed by atoms with Gasteiger partial charge in [0.2, 0.25) is 0 Å². The van der Waals surface area contributed by atoms with Crippen LogP contribution in [0.5, 0.6) is 0 Å². The van der Waals surface area contributed by atoms with Gasteiger partial charge in [-0.3, -0.25) is 4.67 Å². The van der Waals surface area contributed by atoms with Crippen LogP contribution in [0.3, 0.4) is 0 Å². The zero-order valence-corrected chi connectivity index (χ0v) is 23.5. The summed E-state index contributed by atoms with van der Waals surface area (Å²) in [6.07, 6.45) is 3.94. The molecule has 2 bridgehead atoms. The van der Waals surface area contributed by atoms with E-state index in [0.717, 1.165) is 12.5 Å². The van der Waals surface area contributed by atoms with E-state index in [1.54, 1.807) is 0 Å². The molecule has 188 valence electrons. The highest BCUT2D eigenvalue weighted by atomic mass is 31.1. The first-order chi connectivity index (χ1) is 18.2. The molecule has 1 aliphatic heterocycles. The predicted molar refractivity (Wildman–Crippen MR) is 160 cm³/mol. The molecule has 0 aromatic heterocycles. The number of rotatable bonds is 8. The zero-order valence-electron chi connectivity index (χ0n) is 21.7. The number of hydrogen-bond donors (Lipinski definition) is 0. The maximum absolute atomic E-state index is 7.02. The summed E-state index contributed by atoms with van der Waals surface area (Å²) in [4.78, 5) is 0. The first kappa shape index (κ1) is 25.0. The van der Waals surface area contributed by atoms with Gasteiger partial charge < -0.3 is 4.52 Å². The zero-order chi connectivity index (χ0) is 25.2. The lowest BCUT2D eigenvalue weighted by atomic mass is 10.0. The van der Waals surface area contributed by atoms with Crippen LogP contribution in [0.25, 0.3) is 0 Å². The number of nitrogens with zero attached hydrogens (tertiary/aromatic N) is 1. The summed E-state index contributed by atoms with van der Waals surface area (Å²) in [7, 11) is -1.46. The van der Waals surface area contributed by atoms with Crippen LogP contribution in [0.2, 0.25) is 0 Å². The second-order valence-electron chi connectivity index (χ2n) is 10.4. The molecular weight excluding hydrogens is 488 g/mol. The van der Waals surface area contributed by atoms with Crippen molar-refractivity contribution >= 4 is 37.4 Å². The van der Waals surface area contributed by atoms with Crippen molar-refractivity contribution in [1.82, 2.24) is 4.67 Å². The predicted octanol–water partition coefficient (Wildman–Crippen LogP) is 6.57. The van der Waals surface area contributed by atoms with Gasteiger partial charge in [-0.05, 0) is 49.6 Å². The fourth-order valence-corrected chi connectivity index (χ4v) is 10.5. The molecule has 0 N–H and O–H groups in total. The van der Waals surface area contributed by atoms with Crippen LogP contribution in [0, 0.1) is 19.8 Å². The molecule has 4 heteroatoms. The SMILES string of the molecule is Cc1ccc(P(OC[C@@H]2[C@H]3CC[C@H](C3)N2P(c2ccccc2)c2ccccc2)c2ccc(C)cc2)cc1. The summed E-state index contributed by atoms with van der Waals surface area (Å²) in [6, 6.07) is 41.4. The van der Waals surface area contributed by atoms with Gasteiger partial charge in [0.1, 0.15) is 0 Å². The van der Waals surface area contributed by atoms with Gasteiger partial charge in [-0.1, -0.05) is 120 Å². The van der Waals surface area contributed by atoms with Crippen LogP contribution in [0.15, 0.2) is 109 Å². The van der Waals surface area contributed by atoms with E-state index >= 15 is 0 Å². The molecule has 2 fully saturated rings. The first-order valence-electron chi connectivity index (χ1n) is 13.4. The van der Waals surface area contributed by atoms with Crippen LogP contribution in [0.1, 0.15) is 30.4 Å². The van der Waals surface area contributed by atoms with E-state index in [2.05, 4.69) is 128 Å². The Hall–Kier alpha value is -2.34. The lowest BCUT2D eigenvalue weighted by molar-refractivity contribution is 0.181. The highest BCUT2D eigenvalue weighted by Gasteiger charge is 2.49. The fraction of sp³-hybridized carbons (Fsp3) is 0.273. The minimum atomic E-state index is -0.867. The highest BCUT2D eigenvalue weighted by Crippen LogP contribution is 2.55.